The van der Waals surface area contributed by atoms with Crippen LogP contribution in [-0.4, -0.2) is 9.97 Å². The van der Waals surface area contributed by atoms with Crippen LogP contribution in [0, 0.1) is 0 Å². The molecule has 0 unspecified atom stereocenters. The standard InChI is InChI=1S/C28H17N3O2/c1-2-8-18(9-3-1)31(22-12-6-14-24-27(22)20-11-7-15-29-28(20)33-24)26-16-25-21(17-30-26)19-10-4-5-13-23(19)32-25/h1-17H. The van der Waals surface area contributed by atoms with Gasteiger partial charge in [0.05, 0.1) is 16.5 Å². The van der Waals surface area contributed by atoms with Gasteiger partial charge in [-0.25, -0.2) is 9.97 Å². The molecule has 0 saturated carbocycles. The topological polar surface area (TPSA) is 55.3 Å². The number of hydrogen-bond donors (Lipinski definition) is 0. The minimum absolute atomic E-state index is 0.619. The van der Waals surface area contributed by atoms with Crippen molar-refractivity contribution in [3.05, 3.63) is 103 Å². The third kappa shape index (κ3) is 2.72. The summed E-state index contributed by atoms with van der Waals surface area (Å²) in [6, 6.07) is 30.3. The quantitative estimate of drug-likeness (QED) is 0.289. The molecule has 0 aliphatic carbocycles. The molecule has 4 heterocycles. The van der Waals surface area contributed by atoms with Crippen molar-refractivity contribution in [1.29, 1.82) is 0 Å². The van der Waals surface area contributed by atoms with Gasteiger partial charge in [-0.3, -0.25) is 4.90 Å². The Labute approximate surface area is 188 Å². The Morgan fingerprint density at radius 1 is 0.606 bits per heavy atom. The van der Waals surface area contributed by atoms with E-state index in [-0.39, 0.29) is 0 Å². The number of para-hydroxylation sites is 2. The summed E-state index contributed by atoms with van der Waals surface area (Å²) in [7, 11) is 0. The number of fused-ring (bicyclic) bond motifs is 6. The van der Waals surface area contributed by atoms with Crippen LogP contribution in [0.5, 0.6) is 0 Å². The molecule has 7 rings (SSSR count). The lowest BCUT2D eigenvalue weighted by atomic mass is 10.1. The van der Waals surface area contributed by atoms with Gasteiger partial charge >= 0.3 is 0 Å². The Hall–Kier alpha value is -4.64. The third-order valence-corrected chi connectivity index (χ3v) is 5.98. The maximum Gasteiger partial charge on any atom is 0.227 e. The highest BCUT2D eigenvalue weighted by Gasteiger charge is 2.21. The van der Waals surface area contributed by atoms with Gasteiger partial charge in [0.1, 0.15) is 22.6 Å². The summed E-state index contributed by atoms with van der Waals surface area (Å²) >= 11 is 0. The Kier molecular flexibility index (Phi) is 3.78. The van der Waals surface area contributed by atoms with Crippen molar-refractivity contribution < 1.29 is 8.83 Å². The summed E-state index contributed by atoms with van der Waals surface area (Å²) in [4.78, 5) is 11.4. The lowest BCUT2D eigenvalue weighted by Gasteiger charge is -2.24. The fraction of sp³-hybridized carbons (Fsp3) is 0. The van der Waals surface area contributed by atoms with Gasteiger partial charge < -0.3 is 8.83 Å². The number of anilines is 3. The van der Waals surface area contributed by atoms with Gasteiger partial charge in [0.25, 0.3) is 0 Å². The predicted octanol–water partition coefficient (Wildman–Crippen LogP) is 7.75. The molecule has 0 radical (unpaired) electrons. The first kappa shape index (κ1) is 18.0. The molecule has 7 aromatic rings. The fourth-order valence-electron chi connectivity index (χ4n) is 4.53. The second-order valence-corrected chi connectivity index (χ2v) is 7.92. The zero-order valence-electron chi connectivity index (χ0n) is 17.5. The van der Waals surface area contributed by atoms with E-state index in [2.05, 4.69) is 34.1 Å². The van der Waals surface area contributed by atoms with E-state index in [0.717, 1.165) is 55.5 Å². The molecule has 33 heavy (non-hydrogen) atoms. The van der Waals surface area contributed by atoms with Gasteiger partial charge in [-0.05, 0) is 42.5 Å². The third-order valence-electron chi connectivity index (χ3n) is 5.98. The minimum atomic E-state index is 0.619. The molecular weight excluding hydrogens is 410 g/mol. The number of hydrogen-bond acceptors (Lipinski definition) is 5. The SMILES string of the molecule is c1ccc(N(c2cc3oc4ccccc4c3cn2)c2cccc3oc4ncccc4c23)cc1. The molecule has 0 amide bonds. The number of pyridine rings is 2. The van der Waals surface area contributed by atoms with E-state index < -0.39 is 0 Å². The summed E-state index contributed by atoms with van der Waals surface area (Å²) in [5, 5.41) is 4.02. The van der Waals surface area contributed by atoms with Crippen LogP contribution in [0.15, 0.2) is 112 Å². The first-order chi connectivity index (χ1) is 16.4. The molecule has 0 aliphatic heterocycles. The van der Waals surface area contributed by atoms with Gasteiger partial charge in [-0.15, -0.1) is 0 Å². The number of aromatic nitrogens is 2. The summed E-state index contributed by atoms with van der Waals surface area (Å²) in [5.74, 6) is 0.762. The molecule has 0 saturated heterocycles. The van der Waals surface area contributed by atoms with E-state index in [1.54, 1.807) is 6.20 Å². The average Bonchev–Trinajstić information content (AvgIpc) is 3.43. The van der Waals surface area contributed by atoms with Crippen LogP contribution in [-0.2, 0) is 0 Å². The van der Waals surface area contributed by atoms with Crippen molar-refractivity contribution in [1.82, 2.24) is 9.97 Å². The number of nitrogens with zero attached hydrogens (tertiary/aromatic N) is 3. The largest absolute Gasteiger partial charge is 0.456 e. The lowest BCUT2D eigenvalue weighted by molar-refractivity contribution is 0.654. The zero-order valence-corrected chi connectivity index (χ0v) is 17.5. The molecule has 156 valence electrons. The first-order valence-electron chi connectivity index (χ1n) is 10.8. The average molecular weight is 427 g/mol. The first-order valence-corrected chi connectivity index (χ1v) is 10.8. The van der Waals surface area contributed by atoms with E-state index in [9.17, 15) is 0 Å². The number of furan rings is 2. The van der Waals surface area contributed by atoms with Crippen molar-refractivity contribution in [3.8, 4) is 0 Å². The molecule has 0 bridgehead atoms. The van der Waals surface area contributed by atoms with Crippen LogP contribution in [0.25, 0.3) is 44.0 Å². The summed E-state index contributed by atoms with van der Waals surface area (Å²) in [5.41, 5.74) is 5.01. The maximum atomic E-state index is 6.16. The highest BCUT2D eigenvalue weighted by atomic mass is 16.3. The van der Waals surface area contributed by atoms with Crippen LogP contribution >= 0.6 is 0 Å². The van der Waals surface area contributed by atoms with E-state index in [0.29, 0.717) is 5.71 Å². The normalized spacial score (nSPS) is 11.6. The van der Waals surface area contributed by atoms with Gasteiger partial charge in [-0.2, -0.15) is 0 Å². The summed E-state index contributed by atoms with van der Waals surface area (Å²) < 4.78 is 12.2. The van der Waals surface area contributed by atoms with E-state index in [1.165, 1.54) is 0 Å². The Balaban J connectivity index is 1.53. The molecule has 0 N–H and O–H groups in total. The van der Waals surface area contributed by atoms with Crippen molar-refractivity contribution in [2.45, 2.75) is 0 Å². The Bertz CT molecular complexity index is 1780. The van der Waals surface area contributed by atoms with Crippen molar-refractivity contribution in [2.75, 3.05) is 4.90 Å². The Morgan fingerprint density at radius 2 is 1.42 bits per heavy atom. The molecule has 5 nitrogen and oxygen atoms in total. The van der Waals surface area contributed by atoms with Crippen LogP contribution in [0.1, 0.15) is 0 Å². The maximum absolute atomic E-state index is 6.16. The van der Waals surface area contributed by atoms with E-state index >= 15 is 0 Å². The van der Waals surface area contributed by atoms with Crippen LogP contribution in [0.2, 0.25) is 0 Å². The number of rotatable bonds is 3. The lowest BCUT2D eigenvalue weighted by Crippen LogP contribution is -2.11. The van der Waals surface area contributed by atoms with Gasteiger partial charge in [-0.1, -0.05) is 42.5 Å². The molecule has 4 aromatic heterocycles. The monoisotopic (exact) mass is 427 g/mol. The summed E-state index contributed by atoms with van der Waals surface area (Å²) in [6.07, 6.45) is 3.64. The van der Waals surface area contributed by atoms with Crippen LogP contribution in [0.3, 0.4) is 0 Å². The van der Waals surface area contributed by atoms with Crippen LogP contribution < -0.4 is 4.90 Å². The second kappa shape index (κ2) is 6.93. The predicted molar refractivity (Wildman–Crippen MR) is 131 cm³/mol. The van der Waals surface area contributed by atoms with E-state index in [1.807, 2.05) is 72.9 Å². The minimum Gasteiger partial charge on any atom is -0.456 e. The van der Waals surface area contributed by atoms with Gasteiger partial charge in [0.2, 0.25) is 5.71 Å². The fourth-order valence-corrected chi connectivity index (χ4v) is 4.53. The smallest absolute Gasteiger partial charge is 0.227 e. The molecule has 3 aromatic carbocycles. The molecule has 0 aliphatic rings. The molecular formula is C28H17N3O2. The molecule has 0 fully saturated rings. The number of benzene rings is 3. The van der Waals surface area contributed by atoms with Gasteiger partial charge in [0.15, 0.2) is 0 Å². The zero-order chi connectivity index (χ0) is 21.8. The van der Waals surface area contributed by atoms with Crippen molar-refractivity contribution in [3.63, 3.8) is 0 Å². The van der Waals surface area contributed by atoms with Gasteiger partial charge in [0, 0.05) is 34.9 Å². The highest BCUT2D eigenvalue weighted by Crippen LogP contribution is 2.42. The second-order valence-electron chi connectivity index (χ2n) is 7.92. The van der Waals surface area contributed by atoms with Crippen molar-refractivity contribution in [2.24, 2.45) is 0 Å². The van der Waals surface area contributed by atoms with Crippen LogP contribution in [0.4, 0.5) is 17.2 Å². The highest BCUT2D eigenvalue weighted by molar-refractivity contribution is 6.12. The van der Waals surface area contributed by atoms with E-state index in [4.69, 9.17) is 13.8 Å². The Morgan fingerprint density at radius 3 is 2.36 bits per heavy atom. The summed E-state index contributed by atoms with van der Waals surface area (Å²) in [6.45, 7) is 0. The molecule has 0 atom stereocenters. The molecule has 5 heteroatoms. The molecule has 0 spiro atoms. The van der Waals surface area contributed by atoms with Crippen molar-refractivity contribution >= 4 is 61.2 Å².